The third-order valence-corrected chi connectivity index (χ3v) is 6.41. The number of ether oxygens (including phenoxy) is 1. The Morgan fingerprint density at radius 2 is 1.89 bits per heavy atom. The summed E-state index contributed by atoms with van der Waals surface area (Å²) in [4.78, 5) is 12.6. The Bertz CT molecular complexity index is 964. The first-order valence-corrected chi connectivity index (χ1v) is 10.6. The van der Waals surface area contributed by atoms with Crippen LogP contribution in [0.15, 0.2) is 45.8 Å². The van der Waals surface area contributed by atoms with E-state index in [0.717, 1.165) is 14.3 Å². The van der Waals surface area contributed by atoms with Crippen LogP contribution in [0.1, 0.15) is 12.5 Å². The molecule has 2 rings (SSSR count). The Hall–Kier alpha value is -1.61. The van der Waals surface area contributed by atoms with Crippen molar-refractivity contribution in [2.75, 3.05) is 19.4 Å². The van der Waals surface area contributed by atoms with Crippen molar-refractivity contribution in [1.29, 1.82) is 0 Å². The standard InChI is InChI=1S/C18H20BrClN2O4S/c1-11-5-7-14(27(24,25)22(3)4)10-16(11)21-18(23)12(2)26-17-8-6-13(19)9-15(17)20/h5-10,12H,1-4H3,(H,21,23)/t12-/m1/s1. The number of benzene rings is 2. The monoisotopic (exact) mass is 474 g/mol. The summed E-state index contributed by atoms with van der Waals surface area (Å²) in [6.45, 7) is 3.36. The zero-order chi connectivity index (χ0) is 20.4. The molecule has 0 heterocycles. The second kappa shape index (κ2) is 8.60. The van der Waals surface area contributed by atoms with Gasteiger partial charge < -0.3 is 10.1 Å². The number of amides is 1. The lowest BCUT2D eigenvalue weighted by molar-refractivity contribution is -0.122. The summed E-state index contributed by atoms with van der Waals surface area (Å²) in [5, 5.41) is 3.09. The molecule has 1 N–H and O–H groups in total. The SMILES string of the molecule is Cc1ccc(S(=O)(=O)N(C)C)cc1NC(=O)[C@@H](C)Oc1ccc(Br)cc1Cl. The first-order valence-electron chi connectivity index (χ1n) is 7.98. The second-order valence-electron chi connectivity index (χ2n) is 6.09. The van der Waals surface area contributed by atoms with E-state index in [-0.39, 0.29) is 4.90 Å². The number of hydrogen-bond acceptors (Lipinski definition) is 4. The van der Waals surface area contributed by atoms with Crippen LogP contribution in [0.5, 0.6) is 5.75 Å². The van der Waals surface area contributed by atoms with Crippen molar-refractivity contribution in [3.05, 3.63) is 51.5 Å². The van der Waals surface area contributed by atoms with Crippen LogP contribution in [0.2, 0.25) is 5.02 Å². The zero-order valence-corrected chi connectivity index (χ0v) is 18.4. The molecule has 1 amide bonds. The molecule has 2 aromatic rings. The average molecular weight is 476 g/mol. The quantitative estimate of drug-likeness (QED) is 0.683. The summed E-state index contributed by atoms with van der Waals surface area (Å²) in [5.74, 6) is -0.0420. The first-order chi connectivity index (χ1) is 12.5. The number of anilines is 1. The van der Waals surface area contributed by atoms with E-state index >= 15 is 0 Å². The summed E-state index contributed by atoms with van der Waals surface area (Å²) >= 11 is 9.41. The van der Waals surface area contributed by atoms with Crippen LogP contribution in [0.3, 0.4) is 0 Å². The molecule has 146 valence electrons. The van der Waals surface area contributed by atoms with Crippen molar-refractivity contribution in [2.24, 2.45) is 0 Å². The molecule has 6 nitrogen and oxygen atoms in total. The average Bonchev–Trinajstić information content (AvgIpc) is 2.58. The van der Waals surface area contributed by atoms with E-state index in [1.54, 1.807) is 38.1 Å². The van der Waals surface area contributed by atoms with Gasteiger partial charge in [0.2, 0.25) is 10.0 Å². The molecule has 0 aliphatic heterocycles. The highest BCUT2D eigenvalue weighted by Gasteiger charge is 2.21. The lowest BCUT2D eigenvalue weighted by Gasteiger charge is -2.18. The molecule has 0 spiro atoms. The Morgan fingerprint density at radius 1 is 1.22 bits per heavy atom. The molecule has 0 aliphatic carbocycles. The molecule has 0 aromatic heterocycles. The maximum absolute atomic E-state index is 12.5. The second-order valence-corrected chi connectivity index (χ2v) is 9.56. The lowest BCUT2D eigenvalue weighted by Crippen LogP contribution is -2.30. The van der Waals surface area contributed by atoms with Crippen molar-refractivity contribution in [3.63, 3.8) is 0 Å². The first kappa shape index (κ1) is 21.7. The van der Waals surface area contributed by atoms with Crippen LogP contribution in [0.25, 0.3) is 0 Å². The van der Waals surface area contributed by atoms with E-state index in [4.69, 9.17) is 16.3 Å². The molecule has 9 heteroatoms. The summed E-state index contributed by atoms with van der Waals surface area (Å²) < 4.78 is 32.1. The minimum Gasteiger partial charge on any atom is -0.479 e. The van der Waals surface area contributed by atoms with Crippen molar-refractivity contribution in [3.8, 4) is 5.75 Å². The lowest BCUT2D eigenvalue weighted by atomic mass is 10.2. The molecule has 27 heavy (non-hydrogen) atoms. The summed E-state index contributed by atoms with van der Waals surface area (Å²) in [5.41, 5.74) is 1.13. The number of nitrogens with one attached hydrogen (secondary N) is 1. The van der Waals surface area contributed by atoms with Gasteiger partial charge in [-0.25, -0.2) is 12.7 Å². The Morgan fingerprint density at radius 3 is 2.48 bits per heavy atom. The van der Waals surface area contributed by atoms with Gasteiger partial charge in [0.05, 0.1) is 9.92 Å². The number of halogens is 2. The molecule has 2 aromatic carbocycles. The Balaban J connectivity index is 2.19. The van der Waals surface area contributed by atoms with Crippen molar-refractivity contribution < 1.29 is 17.9 Å². The van der Waals surface area contributed by atoms with E-state index in [2.05, 4.69) is 21.2 Å². The van der Waals surface area contributed by atoms with Crippen LogP contribution >= 0.6 is 27.5 Å². The van der Waals surface area contributed by atoms with Gasteiger partial charge in [0.15, 0.2) is 6.10 Å². The van der Waals surface area contributed by atoms with E-state index < -0.39 is 22.0 Å². The van der Waals surface area contributed by atoms with E-state index in [9.17, 15) is 13.2 Å². The van der Waals surface area contributed by atoms with Crippen LogP contribution in [0, 0.1) is 6.92 Å². The summed E-state index contributed by atoms with van der Waals surface area (Å²) in [6, 6.07) is 9.66. The highest BCUT2D eigenvalue weighted by atomic mass is 79.9. The van der Waals surface area contributed by atoms with Gasteiger partial charge in [-0.3, -0.25) is 4.79 Å². The minimum absolute atomic E-state index is 0.0953. The number of nitrogens with zero attached hydrogens (tertiary/aromatic N) is 1. The molecule has 0 bridgehead atoms. The predicted octanol–water partition coefficient (Wildman–Crippen LogP) is 4.07. The number of carbonyl (C=O) groups excluding carboxylic acids is 1. The number of aryl methyl sites for hydroxylation is 1. The molecular weight excluding hydrogens is 456 g/mol. The van der Waals surface area contributed by atoms with Crippen molar-refractivity contribution >= 4 is 49.1 Å². The van der Waals surface area contributed by atoms with Crippen molar-refractivity contribution in [1.82, 2.24) is 4.31 Å². The Labute approximate surface area is 172 Å². The largest absolute Gasteiger partial charge is 0.479 e. The number of hydrogen-bond donors (Lipinski definition) is 1. The van der Waals surface area contributed by atoms with E-state index in [1.807, 2.05) is 0 Å². The number of sulfonamides is 1. The van der Waals surface area contributed by atoms with Gasteiger partial charge in [-0.2, -0.15) is 0 Å². The van der Waals surface area contributed by atoms with Gasteiger partial charge >= 0.3 is 0 Å². The van der Waals surface area contributed by atoms with Crippen LogP contribution < -0.4 is 10.1 Å². The van der Waals surface area contributed by atoms with Gasteiger partial charge in [-0.1, -0.05) is 33.6 Å². The van der Waals surface area contributed by atoms with Crippen LogP contribution in [-0.4, -0.2) is 38.8 Å². The van der Waals surface area contributed by atoms with Crippen LogP contribution in [-0.2, 0) is 14.8 Å². The highest BCUT2D eigenvalue weighted by molar-refractivity contribution is 9.10. The molecule has 0 aliphatic rings. The predicted molar refractivity (Wildman–Crippen MR) is 110 cm³/mol. The molecule has 0 saturated heterocycles. The van der Waals surface area contributed by atoms with Crippen molar-refractivity contribution in [2.45, 2.75) is 24.8 Å². The topological polar surface area (TPSA) is 75.7 Å². The molecule has 1 atom stereocenters. The van der Waals surface area contributed by atoms with Gasteiger partial charge in [0.25, 0.3) is 5.91 Å². The van der Waals surface area contributed by atoms with Gasteiger partial charge in [0.1, 0.15) is 5.75 Å². The zero-order valence-electron chi connectivity index (χ0n) is 15.3. The maximum atomic E-state index is 12.5. The molecular formula is C18H20BrClN2O4S. The molecule has 0 unspecified atom stereocenters. The fourth-order valence-electron chi connectivity index (χ4n) is 2.16. The third-order valence-electron chi connectivity index (χ3n) is 3.81. The molecule has 0 radical (unpaired) electrons. The number of rotatable bonds is 6. The molecule has 0 saturated carbocycles. The fourth-order valence-corrected chi connectivity index (χ4v) is 3.80. The van der Waals surface area contributed by atoms with E-state index in [1.165, 1.54) is 26.2 Å². The highest BCUT2D eigenvalue weighted by Crippen LogP contribution is 2.29. The maximum Gasteiger partial charge on any atom is 0.265 e. The smallest absolute Gasteiger partial charge is 0.265 e. The minimum atomic E-state index is -3.60. The van der Waals surface area contributed by atoms with Crippen LogP contribution in [0.4, 0.5) is 5.69 Å². The fraction of sp³-hybridized carbons (Fsp3) is 0.278. The number of carbonyl (C=O) groups is 1. The molecule has 0 fully saturated rings. The van der Waals surface area contributed by atoms with Gasteiger partial charge in [-0.05, 0) is 49.7 Å². The van der Waals surface area contributed by atoms with Gasteiger partial charge in [-0.15, -0.1) is 0 Å². The van der Waals surface area contributed by atoms with E-state index in [0.29, 0.717) is 16.5 Å². The Kier molecular flexibility index (Phi) is 6.91. The summed E-state index contributed by atoms with van der Waals surface area (Å²) in [6.07, 6.45) is -0.836. The normalized spacial score (nSPS) is 12.7. The van der Waals surface area contributed by atoms with Gasteiger partial charge in [0, 0.05) is 24.3 Å². The third kappa shape index (κ3) is 5.22. The summed E-state index contributed by atoms with van der Waals surface area (Å²) in [7, 11) is -0.702.